The summed E-state index contributed by atoms with van der Waals surface area (Å²) in [4.78, 5) is 28.9. The lowest BCUT2D eigenvalue weighted by Gasteiger charge is -2.28. The van der Waals surface area contributed by atoms with Crippen molar-refractivity contribution in [2.45, 2.75) is 38.0 Å². The molecular formula is C39H38N6O5. The van der Waals surface area contributed by atoms with Gasteiger partial charge in [-0.25, -0.2) is 4.68 Å². The van der Waals surface area contributed by atoms with Gasteiger partial charge >= 0.3 is 0 Å². The number of rotatable bonds is 12. The number of carbonyl (C=O) groups is 1. The van der Waals surface area contributed by atoms with Gasteiger partial charge in [0, 0.05) is 24.2 Å². The highest BCUT2D eigenvalue weighted by molar-refractivity contribution is 6.07. The van der Waals surface area contributed by atoms with Crippen LogP contribution in [0, 0.1) is 5.92 Å². The van der Waals surface area contributed by atoms with Gasteiger partial charge in [0.05, 0.1) is 54.2 Å². The Morgan fingerprint density at radius 3 is 2.56 bits per heavy atom. The smallest absolute Gasteiger partial charge is 0.279 e. The number of aliphatic hydroxyl groups excluding tert-OH is 1. The molecule has 1 aliphatic heterocycles. The summed E-state index contributed by atoms with van der Waals surface area (Å²) in [5.41, 5.74) is 2.89. The van der Waals surface area contributed by atoms with Crippen molar-refractivity contribution in [2.24, 2.45) is 5.92 Å². The second-order valence-electron chi connectivity index (χ2n) is 12.6. The number of hydrogen-bond donors (Lipinski definition) is 3. The van der Waals surface area contributed by atoms with Crippen molar-refractivity contribution < 1.29 is 19.7 Å². The third-order valence-electron chi connectivity index (χ3n) is 9.49. The van der Waals surface area contributed by atoms with Gasteiger partial charge in [0.2, 0.25) is 0 Å². The van der Waals surface area contributed by atoms with E-state index in [1.54, 1.807) is 41.0 Å². The van der Waals surface area contributed by atoms with Crippen LogP contribution in [0.2, 0.25) is 0 Å². The summed E-state index contributed by atoms with van der Waals surface area (Å²) in [5, 5.41) is 34.5. The molecule has 1 aliphatic rings. The summed E-state index contributed by atoms with van der Waals surface area (Å²) in [6.45, 7) is 2.46. The van der Waals surface area contributed by atoms with E-state index in [9.17, 15) is 19.8 Å². The van der Waals surface area contributed by atoms with Crippen molar-refractivity contribution in [1.82, 2.24) is 24.8 Å². The number of benzene rings is 4. The summed E-state index contributed by atoms with van der Waals surface area (Å²) in [5.74, 6) is -0.748. The van der Waals surface area contributed by atoms with Crippen LogP contribution in [-0.2, 0) is 23.5 Å². The molecule has 0 spiro atoms. The Morgan fingerprint density at radius 2 is 1.78 bits per heavy atom. The number of carbonyl (C=O) groups excluding carboxylic acids is 1. The van der Waals surface area contributed by atoms with Gasteiger partial charge in [-0.15, -0.1) is 5.10 Å². The summed E-state index contributed by atoms with van der Waals surface area (Å²) < 4.78 is 8.70. The average Bonchev–Trinajstić information content (AvgIpc) is 3.81. The molecule has 254 valence electrons. The molecule has 3 atom stereocenters. The number of H-pyrrole nitrogens is 1. The number of amides is 1. The molecule has 3 N–H and O–H groups in total. The van der Waals surface area contributed by atoms with Gasteiger partial charge in [0.15, 0.2) is 5.60 Å². The maximum atomic E-state index is 14.2. The fraction of sp³-hybridized carbons (Fsp3) is 0.231. The fourth-order valence-corrected chi connectivity index (χ4v) is 6.71. The zero-order valence-corrected chi connectivity index (χ0v) is 27.8. The Hall–Kier alpha value is -5.78. The number of para-hydroxylation sites is 1. The van der Waals surface area contributed by atoms with E-state index in [1.165, 1.54) is 4.68 Å². The maximum Gasteiger partial charge on any atom is 0.279 e. The van der Waals surface area contributed by atoms with E-state index >= 15 is 0 Å². The van der Waals surface area contributed by atoms with Crippen LogP contribution < -0.4 is 15.2 Å². The van der Waals surface area contributed by atoms with E-state index in [2.05, 4.69) is 15.4 Å². The largest absolute Gasteiger partial charge is 0.497 e. The predicted octanol–water partition coefficient (Wildman–Crippen LogP) is 5.06. The van der Waals surface area contributed by atoms with Gasteiger partial charge < -0.3 is 19.8 Å². The first-order valence-corrected chi connectivity index (χ1v) is 16.6. The normalized spacial score (nSPS) is 17.0. The van der Waals surface area contributed by atoms with Crippen LogP contribution in [0.5, 0.6) is 5.75 Å². The lowest BCUT2D eigenvalue weighted by Crippen LogP contribution is -2.44. The van der Waals surface area contributed by atoms with Crippen molar-refractivity contribution >= 4 is 22.5 Å². The number of ether oxygens (including phenoxy) is 1. The van der Waals surface area contributed by atoms with Crippen LogP contribution in [0.1, 0.15) is 41.6 Å². The second-order valence-corrected chi connectivity index (χ2v) is 12.6. The van der Waals surface area contributed by atoms with Crippen LogP contribution in [-0.4, -0.2) is 54.6 Å². The Labute approximate surface area is 288 Å². The molecular weight excluding hydrogens is 632 g/mol. The number of aromatic amines is 1. The number of nitrogens with zero attached hydrogens (tertiary/aromatic N) is 5. The van der Waals surface area contributed by atoms with Crippen molar-refractivity contribution in [2.75, 3.05) is 18.6 Å². The number of nitrogens with one attached hydrogen (secondary N) is 1. The number of anilines is 1. The van der Waals surface area contributed by atoms with Crippen molar-refractivity contribution in [3.8, 4) is 11.4 Å². The second kappa shape index (κ2) is 13.6. The van der Waals surface area contributed by atoms with E-state index in [0.29, 0.717) is 46.7 Å². The number of aromatic nitrogens is 5. The van der Waals surface area contributed by atoms with E-state index < -0.39 is 17.4 Å². The van der Waals surface area contributed by atoms with E-state index in [4.69, 9.17) is 4.74 Å². The molecule has 1 amide bonds. The topological polar surface area (TPSA) is 138 Å². The monoisotopic (exact) mass is 670 g/mol. The molecule has 0 bridgehead atoms. The van der Waals surface area contributed by atoms with E-state index in [1.807, 2.05) is 98.1 Å². The third-order valence-corrected chi connectivity index (χ3v) is 9.49. The minimum Gasteiger partial charge on any atom is -0.497 e. The Morgan fingerprint density at radius 1 is 0.980 bits per heavy atom. The summed E-state index contributed by atoms with van der Waals surface area (Å²) >= 11 is 0. The molecule has 0 radical (unpaired) electrons. The molecule has 0 saturated heterocycles. The number of aryl methyl sites for hydroxylation is 1. The molecule has 3 heterocycles. The molecule has 11 nitrogen and oxygen atoms in total. The van der Waals surface area contributed by atoms with E-state index in [0.717, 1.165) is 16.6 Å². The number of hydrogen-bond acceptors (Lipinski definition) is 7. The Bertz CT molecular complexity index is 2240. The number of aliphatic hydroxyl groups is 2. The molecule has 7 rings (SSSR count). The average molecular weight is 671 g/mol. The Kier molecular flexibility index (Phi) is 8.92. The Balaban J connectivity index is 1.09. The van der Waals surface area contributed by atoms with Crippen LogP contribution in [0.15, 0.2) is 120 Å². The number of allylic oxidation sites excluding steroid dienone is 1. The van der Waals surface area contributed by atoms with Crippen molar-refractivity contribution in [1.29, 1.82) is 0 Å². The predicted molar refractivity (Wildman–Crippen MR) is 190 cm³/mol. The summed E-state index contributed by atoms with van der Waals surface area (Å²) in [6.07, 6.45) is 6.21. The number of methoxy groups -OCH3 is 1. The minimum absolute atomic E-state index is 0.0778. The summed E-state index contributed by atoms with van der Waals surface area (Å²) in [6, 6.07) is 29.8. The lowest BCUT2D eigenvalue weighted by molar-refractivity contribution is -0.139. The molecule has 50 heavy (non-hydrogen) atoms. The number of fused-ring (bicyclic) bond motifs is 2. The SMILES string of the molecule is COc1ccc2c(c1)[C@@](O)([C@H](C)/C=C/CCn1cc(C(CO)c3ccccc3)nn1)C(=O)N2Cc1cccc(-n2[nH]c3ccccc3c2=O)c1. The van der Waals surface area contributed by atoms with Gasteiger partial charge in [-0.2, -0.15) is 0 Å². The first kappa shape index (κ1) is 32.8. The highest BCUT2D eigenvalue weighted by Crippen LogP contribution is 2.47. The molecule has 2 aromatic heterocycles. The zero-order chi connectivity index (χ0) is 34.8. The van der Waals surface area contributed by atoms with Crippen molar-refractivity contribution in [3.63, 3.8) is 0 Å². The molecule has 6 aromatic rings. The fourth-order valence-electron chi connectivity index (χ4n) is 6.71. The van der Waals surface area contributed by atoms with Crippen molar-refractivity contribution in [3.05, 3.63) is 148 Å². The van der Waals surface area contributed by atoms with Crippen LogP contribution in [0.4, 0.5) is 5.69 Å². The summed E-state index contributed by atoms with van der Waals surface area (Å²) in [7, 11) is 1.55. The molecule has 1 unspecified atom stereocenters. The maximum absolute atomic E-state index is 14.2. The van der Waals surface area contributed by atoms with Gasteiger partial charge in [-0.1, -0.05) is 78.9 Å². The molecule has 0 aliphatic carbocycles. The quantitative estimate of drug-likeness (QED) is 0.155. The molecule has 11 heteroatoms. The van der Waals surface area contributed by atoms with Gasteiger partial charge in [-0.3, -0.25) is 19.4 Å². The van der Waals surface area contributed by atoms with Gasteiger partial charge in [-0.05, 0) is 60.0 Å². The lowest BCUT2D eigenvalue weighted by atomic mass is 9.83. The van der Waals surface area contributed by atoms with Gasteiger partial charge in [0.1, 0.15) is 5.75 Å². The highest BCUT2D eigenvalue weighted by Gasteiger charge is 2.52. The van der Waals surface area contributed by atoms with Crippen LogP contribution in [0.3, 0.4) is 0 Å². The van der Waals surface area contributed by atoms with Crippen LogP contribution in [0.25, 0.3) is 16.6 Å². The highest BCUT2D eigenvalue weighted by atomic mass is 16.5. The zero-order valence-electron chi connectivity index (χ0n) is 27.8. The molecule has 0 saturated carbocycles. The third kappa shape index (κ3) is 5.90. The standard InChI is InChI=1S/C39H38N6O5/c1-26(11-8-9-20-43-24-35(40-42-43)32(25-46)28-13-4-3-5-14-28)39(49)33-22-30(50-2)18-19-36(33)44(38(39)48)23-27-12-10-15-29(21-27)45-37(47)31-16-6-7-17-34(31)41-45/h3-8,10-19,21-22,24,26,32,41,46,49H,9,20,23,25H2,1-2H3/b11-8+/t26-,32?,39+/m1/s1. The minimum atomic E-state index is -1.84. The first-order valence-electron chi connectivity index (χ1n) is 16.6. The molecule has 0 fully saturated rings. The van der Waals surface area contributed by atoms with Crippen LogP contribution >= 0.6 is 0 Å². The van der Waals surface area contributed by atoms with E-state index in [-0.39, 0.29) is 24.6 Å². The molecule has 4 aromatic carbocycles. The van der Waals surface area contributed by atoms with Gasteiger partial charge in [0.25, 0.3) is 11.5 Å². The first-order chi connectivity index (χ1) is 24.3.